The van der Waals surface area contributed by atoms with E-state index in [9.17, 15) is 0 Å². The van der Waals surface area contributed by atoms with E-state index >= 15 is 0 Å². The zero-order valence-electron chi connectivity index (χ0n) is 4.88. The largest absolute Gasteiger partial charge is 0.396 e. The van der Waals surface area contributed by atoms with E-state index in [1.165, 1.54) is 0 Å². The standard InChI is InChI=1S/C5H13O2P/c6-3-1-5(8)2-4-7/h5-7H,1-4,8H2. The fourth-order valence-corrected chi connectivity index (χ4v) is 0.774. The first-order valence-corrected chi connectivity index (χ1v) is 3.45. The fourth-order valence-electron chi connectivity index (χ4n) is 0.476. The van der Waals surface area contributed by atoms with Crippen molar-refractivity contribution in [2.24, 2.45) is 0 Å². The molecule has 50 valence electrons. The smallest absolute Gasteiger partial charge is 0.0436 e. The fraction of sp³-hybridized carbons (Fsp3) is 1.00. The van der Waals surface area contributed by atoms with Gasteiger partial charge in [0.2, 0.25) is 0 Å². The quantitative estimate of drug-likeness (QED) is 0.534. The Kier molecular flexibility index (Phi) is 5.73. The normalized spacial score (nSPS) is 10.5. The van der Waals surface area contributed by atoms with E-state index in [1.807, 2.05) is 0 Å². The summed E-state index contributed by atoms with van der Waals surface area (Å²) in [5, 5.41) is 16.7. The predicted molar refractivity (Wildman–Crippen MR) is 36.9 cm³/mol. The number of hydrogen-bond acceptors (Lipinski definition) is 2. The molecule has 0 aromatic rings. The lowest BCUT2D eigenvalue weighted by atomic mass is 10.2. The Morgan fingerprint density at radius 1 is 1.12 bits per heavy atom. The maximum absolute atomic E-state index is 8.37. The van der Waals surface area contributed by atoms with Gasteiger partial charge in [0.1, 0.15) is 0 Å². The van der Waals surface area contributed by atoms with Crippen molar-refractivity contribution in [2.45, 2.75) is 18.5 Å². The van der Waals surface area contributed by atoms with Gasteiger partial charge in [-0.1, -0.05) is 0 Å². The average Bonchev–Trinajstić information content (AvgIpc) is 1.68. The van der Waals surface area contributed by atoms with Gasteiger partial charge in [0, 0.05) is 13.2 Å². The van der Waals surface area contributed by atoms with Crippen LogP contribution >= 0.6 is 9.24 Å². The van der Waals surface area contributed by atoms with Gasteiger partial charge in [0.25, 0.3) is 0 Å². The summed E-state index contributed by atoms with van der Waals surface area (Å²) < 4.78 is 0. The van der Waals surface area contributed by atoms with E-state index in [1.54, 1.807) is 0 Å². The highest BCUT2D eigenvalue weighted by Gasteiger charge is 1.97. The first kappa shape index (κ1) is 8.35. The van der Waals surface area contributed by atoms with Crippen LogP contribution in [0.25, 0.3) is 0 Å². The van der Waals surface area contributed by atoms with Crippen LogP contribution in [0.15, 0.2) is 0 Å². The van der Waals surface area contributed by atoms with Gasteiger partial charge in [-0.2, -0.15) is 0 Å². The Hall–Kier alpha value is 0.350. The molecule has 2 N–H and O–H groups in total. The van der Waals surface area contributed by atoms with E-state index in [-0.39, 0.29) is 13.2 Å². The summed E-state index contributed by atoms with van der Waals surface area (Å²) in [6, 6.07) is 0. The lowest BCUT2D eigenvalue weighted by molar-refractivity contribution is 0.260. The molecule has 1 atom stereocenters. The van der Waals surface area contributed by atoms with Crippen LogP contribution in [-0.2, 0) is 0 Å². The third-order valence-corrected chi connectivity index (χ3v) is 1.67. The van der Waals surface area contributed by atoms with Gasteiger partial charge in [-0.05, 0) is 18.5 Å². The van der Waals surface area contributed by atoms with Crippen LogP contribution in [0.2, 0.25) is 0 Å². The maximum Gasteiger partial charge on any atom is 0.0436 e. The highest BCUT2D eigenvalue weighted by Crippen LogP contribution is 2.07. The molecular weight excluding hydrogens is 123 g/mol. The summed E-state index contributed by atoms with van der Waals surface area (Å²) in [7, 11) is 2.58. The Morgan fingerprint density at radius 3 is 1.75 bits per heavy atom. The molecule has 0 radical (unpaired) electrons. The molecule has 0 amide bonds. The third kappa shape index (κ3) is 4.51. The van der Waals surface area contributed by atoms with Crippen molar-refractivity contribution >= 4 is 9.24 Å². The third-order valence-electron chi connectivity index (χ3n) is 1.000. The van der Waals surface area contributed by atoms with Gasteiger partial charge in [-0.15, -0.1) is 9.24 Å². The van der Waals surface area contributed by atoms with Gasteiger partial charge < -0.3 is 10.2 Å². The molecular formula is C5H13O2P. The van der Waals surface area contributed by atoms with Crippen molar-refractivity contribution < 1.29 is 10.2 Å². The van der Waals surface area contributed by atoms with Gasteiger partial charge in [0.05, 0.1) is 0 Å². The molecule has 0 aliphatic carbocycles. The molecule has 0 aromatic carbocycles. The highest BCUT2D eigenvalue weighted by atomic mass is 31.0. The van der Waals surface area contributed by atoms with Crippen molar-refractivity contribution in [3.8, 4) is 0 Å². The van der Waals surface area contributed by atoms with Crippen LogP contribution in [0.4, 0.5) is 0 Å². The minimum absolute atomic E-state index is 0.216. The molecule has 0 aliphatic heterocycles. The van der Waals surface area contributed by atoms with Crippen LogP contribution in [0.5, 0.6) is 0 Å². The average molecular weight is 136 g/mol. The summed E-state index contributed by atoms with van der Waals surface area (Å²) in [4.78, 5) is 0. The second kappa shape index (κ2) is 5.49. The summed E-state index contributed by atoms with van der Waals surface area (Å²) in [5.74, 6) is 0. The predicted octanol–water partition coefficient (Wildman–Crippen LogP) is -0.00510. The minimum Gasteiger partial charge on any atom is -0.396 e. The van der Waals surface area contributed by atoms with Gasteiger partial charge in [-0.3, -0.25) is 0 Å². The van der Waals surface area contributed by atoms with Crippen molar-refractivity contribution in [2.75, 3.05) is 13.2 Å². The second-order valence-corrected chi connectivity index (χ2v) is 2.73. The molecule has 0 saturated carbocycles. The number of hydrogen-bond donors (Lipinski definition) is 2. The lowest BCUT2D eigenvalue weighted by Crippen LogP contribution is -2.02. The van der Waals surface area contributed by atoms with Crippen molar-refractivity contribution in [3.05, 3.63) is 0 Å². The molecule has 2 nitrogen and oxygen atoms in total. The first-order chi connectivity index (χ1) is 3.81. The number of rotatable bonds is 4. The number of aliphatic hydroxyl groups excluding tert-OH is 2. The molecule has 1 unspecified atom stereocenters. The topological polar surface area (TPSA) is 40.5 Å². The first-order valence-electron chi connectivity index (χ1n) is 2.78. The van der Waals surface area contributed by atoms with E-state index < -0.39 is 0 Å². The summed E-state index contributed by atoms with van der Waals surface area (Å²) in [5.41, 5.74) is 0.380. The number of aliphatic hydroxyl groups is 2. The van der Waals surface area contributed by atoms with Crippen molar-refractivity contribution in [1.82, 2.24) is 0 Å². The minimum atomic E-state index is 0.216. The molecule has 0 rings (SSSR count). The Labute approximate surface area is 52.1 Å². The van der Waals surface area contributed by atoms with Gasteiger partial charge in [0.15, 0.2) is 0 Å². The van der Waals surface area contributed by atoms with Gasteiger partial charge >= 0.3 is 0 Å². The van der Waals surface area contributed by atoms with Crippen LogP contribution in [0.1, 0.15) is 12.8 Å². The molecule has 0 saturated heterocycles. The molecule has 0 aliphatic rings. The summed E-state index contributed by atoms with van der Waals surface area (Å²) in [6.07, 6.45) is 1.54. The molecule has 0 fully saturated rings. The van der Waals surface area contributed by atoms with E-state index in [4.69, 9.17) is 10.2 Å². The molecule has 3 heteroatoms. The maximum atomic E-state index is 8.37. The Bertz CT molecular complexity index is 43.7. The van der Waals surface area contributed by atoms with E-state index in [0.29, 0.717) is 5.66 Å². The SMILES string of the molecule is OCCC(P)CCO. The molecule has 0 spiro atoms. The molecule has 0 aromatic heterocycles. The zero-order valence-corrected chi connectivity index (χ0v) is 6.03. The van der Waals surface area contributed by atoms with Crippen LogP contribution in [0, 0.1) is 0 Å². The van der Waals surface area contributed by atoms with Crippen molar-refractivity contribution in [1.29, 1.82) is 0 Å². The van der Waals surface area contributed by atoms with E-state index in [0.717, 1.165) is 12.8 Å². The zero-order chi connectivity index (χ0) is 6.41. The highest BCUT2D eigenvalue weighted by molar-refractivity contribution is 7.17. The van der Waals surface area contributed by atoms with Crippen LogP contribution < -0.4 is 0 Å². The van der Waals surface area contributed by atoms with E-state index in [2.05, 4.69) is 9.24 Å². The van der Waals surface area contributed by atoms with Crippen LogP contribution in [0.3, 0.4) is 0 Å². The van der Waals surface area contributed by atoms with Crippen LogP contribution in [-0.4, -0.2) is 29.1 Å². The Balaban J connectivity index is 2.92. The lowest BCUT2D eigenvalue weighted by Gasteiger charge is -2.04. The monoisotopic (exact) mass is 136 g/mol. The second-order valence-electron chi connectivity index (χ2n) is 1.78. The van der Waals surface area contributed by atoms with Crippen molar-refractivity contribution in [3.63, 3.8) is 0 Å². The Morgan fingerprint density at radius 2 is 1.50 bits per heavy atom. The molecule has 0 bridgehead atoms. The summed E-state index contributed by atoms with van der Waals surface area (Å²) >= 11 is 0. The van der Waals surface area contributed by atoms with Gasteiger partial charge in [-0.25, -0.2) is 0 Å². The molecule has 8 heavy (non-hydrogen) atoms. The molecule has 0 heterocycles. The summed E-state index contributed by atoms with van der Waals surface area (Å²) in [6.45, 7) is 0.433.